The van der Waals surface area contributed by atoms with Crippen LogP contribution in [0.15, 0.2) is 22.7 Å². The Balaban J connectivity index is 2.80. The molecule has 102 valence electrons. The van der Waals surface area contributed by atoms with Crippen LogP contribution in [0.4, 0.5) is 10.2 Å². The number of anilines is 1. The Kier molecular flexibility index (Phi) is 3.81. The number of aromatic nitrogens is 1. The van der Waals surface area contributed by atoms with Crippen LogP contribution < -0.4 is 5.32 Å². The van der Waals surface area contributed by atoms with E-state index in [2.05, 4.69) is 47.0 Å². The van der Waals surface area contributed by atoms with Gasteiger partial charge in [-0.25, -0.2) is 9.37 Å². The van der Waals surface area contributed by atoms with Gasteiger partial charge in [-0.3, -0.25) is 0 Å². The molecule has 1 heterocycles. The molecule has 2 aromatic rings. The molecular weight excluding hydrogens is 307 g/mol. The molecule has 0 aliphatic rings. The van der Waals surface area contributed by atoms with Crippen LogP contribution in [0.2, 0.25) is 0 Å². The summed E-state index contributed by atoms with van der Waals surface area (Å²) in [5, 5.41) is 3.82. The maximum absolute atomic E-state index is 14.0. The van der Waals surface area contributed by atoms with Gasteiger partial charge in [0.2, 0.25) is 0 Å². The lowest BCUT2D eigenvalue weighted by molar-refractivity contribution is 0.589. The van der Waals surface area contributed by atoms with Gasteiger partial charge in [-0.2, -0.15) is 0 Å². The highest BCUT2D eigenvalue weighted by atomic mass is 79.9. The Bertz CT molecular complexity index is 618. The summed E-state index contributed by atoms with van der Waals surface area (Å²) in [6.45, 7) is 9.12. The van der Waals surface area contributed by atoms with Gasteiger partial charge in [-0.1, -0.05) is 20.8 Å². The topological polar surface area (TPSA) is 24.9 Å². The van der Waals surface area contributed by atoms with Crippen LogP contribution in [0, 0.1) is 5.82 Å². The molecule has 0 saturated carbocycles. The first-order chi connectivity index (χ1) is 8.84. The SMILES string of the molecule is CCNc1nc2c(Br)ccc(F)c2cc1C(C)(C)C. The summed E-state index contributed by atoms with van der Waals surface area (Å²) >= 11 is 3.43. The van der Waals surface area contributed by atoms with E-state index in [9.17, 15) is 4.39 Å². The summed E-state index contributed by atoms with van der Waals surface area (Å²) in [6.07, 6.45) is 0. The third-order valence-electron chi connectivity index (χ3n) is 3.03. The lowest BCUT2D eigenvalue weighted by atomic mass is 9.86. The summed E-state index contributed by atoms with van der Waals surface area (Å²) in [5.41, 5.74) is 1.59. The number of benzene rings is 1. The van der Waals surface area contributed by atoms with Crippen molar-refractivity contribution in [1.82, 2.24) is 4.98 Å². The number of fused-ring (bicyclic) bond motifs is 1. The molecule has 0 atom stereocenters. The van der Waals surface area contributed by atoms with Gasteiger partial charge in [0.05, 0.1) is 5.52 Å². The second kappa shape index (κ2) is 5.08. The monoisotopic (exact) mass is 324 g/mol. The minimum absolute atomic E-state index is 0.0898. The number of nitrogens with one attached hydrogen (secondary N) is 1. The van der Waals surface area contributed by atoms with Gasteiger partial charge in [0.25, 0.3) is 0 Å². The van der Waals surface area contributed by atoms with Crippen molar-refractivity contribution < 1.29 is 4.39 Å². The zero-order chi connectivity index (χ0) is 14.2. The highest BCUT2D eigenvalue weighted by Crippen LogP contribution is 2.34. The molecule has 0 radical (unpaired) electrons. The molecule has 1 aromatic heterocycles. The second-order valence-corrected chi connectivity index (χ2v) is 6.44. The summed E-state index contributed by atoms with van der Waals surface area (Å²) in [7, 11) is 0. The largest absolute Gasteiger partial charge is 0.370 e. The average molecular weight is 325 g/mol. The van der Waals surface area contributed by atoms with Crippen LogP contribution in [0.1, 0.15) is 33.3 Å². The molecule has 0 aliphatic carbocycles. The van der Waals surface area contributed by atoms with Gasteiger partial charge in [0.1, 0.15) is 11.6 Å². The Morgan fingerprint density at radius 2 is 2.00 bits per heavy atom. The predicted molar refractivity (Wildman–Crippen MR) is 82.3 cm³/mol. The van der Waals surface area contributed by atoms with Gasteiger partial charge in [0.15, 0.2) is 0 Å². The Morgan fingerprint density at radius 3 is 2.58 bits per heavy atom. The van der Waals surface area contributed by atoms with Gasteiger partial charge >= 0.3 is 0 Å². The normalized spacial score (nSPS) is 11.9. The molecule has 0 bridgehead atoms. The average Bonchev–Trinajstić information content (AvgIpc) is 2.33. The molecule has 1 N–H and O–H groups in total. The molecule has 0 saturated heterocycles. The minimum Gasteiger partial charge on any atom is -0.370 e. The van der Waals surface area contributed by atoms with Gasteiger partial charge in [-0.15, -0.1) is 0 Å². The van der Waals surface area contributed by atoms with Crippen LogP contribution >= 0.6 is 15.9 Å². The number of halogens is 2. The lowest BCUT2D eigenvalue weighted by Gasteiger charge is -2.23. The molecule has 0 amide bonds. The van der Waals surface area contributed by atoms with Gasteiger partial charge < -0.3 is 5.32 Å². The maximum atomic E-state index is 14.0. The zero-order valence-electron chi connectivity index (χ0n) is 11.6. The molecule has 19 heavy (non-hydrogen) atoms. The fourth-order valence-corrected chi connectivity index (χ4v) is 2.50. The number of hydrogen-bond acceptors (Lipinski definition) is 2. The molecule has 2 nitrogen and oxygen atoms in total. The standard InChI is InChI=1S/C15H18BrFN2/c1-5-18-14-10(15(2,3)4)8-9-12(17)7-6-11(16)13(9)19-14/h6-8H,5H2,1-4H3,(H,18,19). The Labute approximate surface area is 121 Å². The molecule has 4 heteroatoms. The summed E-state index contributed by atoms with van der Waals surface area (Å²) in [4.78, 5) is 4.59. The first-order valence-electron chi connectivity index (χ1n) is 6.37. The van der Waals surface area contributed by atoms with Crippen molar-refractivity contribution in [2.24, 2.45) is 0 Å². The van der Waals surface area contributed by atoms with E-state index in [0.717, 1.165) is 22.4 Å². The van der Waals surface area contributed by atoms with Crippen molar-refractivity contribution in [3.8, 4) is 0 Å². The predicted octanol–water partition coefficient (Wildman–Crippen LogP) is 4.87. The number of nitrogens with zero attached hydrogens (tertiary/aromatic N) is 1. The van der Waals surface area contributed by atoms with E-state index < -0.39 is 0 Å². The van der Waals surface area contributed by atoms with E-state index in [4.69, 9.17) is 0 Å². The van der Waals surface area contributed by atoms with Crippen molar-refractivity contribution >= 4 is 32.7 Å². The van der Waals surface area contributed by atoms with Crippen LogP contribution in [-0.2, 0) is 5.41 Å². The molecular formula is C15H18BrFN2. The molecule has 0 spiro atoms. The van der Waals surface area contributed by atoms with E-state index in [0.29, 0.717) is 10.9 Å². The third kappa shape index (κ3) is 2.73. The van der Waals surface area contributed by atoms with E-state index >= 15 is 0 Å². The van der Waals surface area contributed by atoms with E-state index in [-0.39, 0.29) is 11.2 Å². The fourth-order valence-electron chi connectivity index (χ4n) is 2.07. The highest BCUT2D eigenvalue weighted by Gasteiger charge is 2.21. The van der Waals surface area contributed by atoms with Crippen molar-refractivity contribution in [2.75, 3.05) is 11.9 Å². The molecule has 0 aliphatic heterocycles. The zero-order valence-corrected chi connectivity index (χ0v) is 13.2. The van der Waals surface area contributed by atoms with Crippen molar-refractivity contribution in [1.29, 1.82) is 0 Å². The van der Waals surface area contributed by atoms with Crippen LogP contribution in [0.3, 0.4) is 0 Å². The van der Waals surface area contributed by atoms with Crippen molar-refractivity contribution in [3.63, 3.8) is 0 Å². The minimum atomic E-state index is -0.237. The van der Waals surface area contributed by atoms with Crippen molar-refractivity contribution in [2.45, 2.75) is 33.1 Å². The maximum Gasteiger partial charge on any atom is 0.132 e. The lowest BCUT2D eigenvalue weighted by Crippen LogP contribution is -2.16. The number of pyridine rings is 1. The third-order valence-corrected chi connectivity index (χ3v) is 3.67. The Hall–Kier alpha value is -1.16. The summed E-state index contributed by atoms with van der Waals surface area (Å²) in [5.74, 6) is 0.591. The van der Waals surface area contributed by atoms with E-state index in [1.807, 2.05) is 13.0 Å². The van der Waals surface area contributed by atoms with Crippen LogP contribution in [0.25, 0.3) is 10.9 Å². The summed E-state index contributed by atoms with van der Waals surface area (Å²) in [6, 6.07) is 5.06. The van der Waals surface area contributed by atoms with E-state index in [1.54, 1.807) is 6.07 Å². The molecule has 1 aromatic carbocycles. The van der Waals surface area contributed by atoms with Crippen LogP contribution in [0.5, 0.6) is 0 Å². The fraction of sp³-hybridized carbons (Fsp3) is 0.400. The van der Waals surface area contributed by atoms with Crippen LogP contribution in [-0.4, -0.2) is 11.5 Å². The van der Waals surface area contributed by atoms with E-state index in [1.165, 1.54) is 6.07 Å². The van der Waals surface area contributed by atoms with Crippen molar-refractivity contribution in [3.05, 3.63) is 34.1 Å². The van der Waals surface area contributed by atoms with Gasteiger partial charge in [0, 0.05) is 22.0 Å². The molecule has 2 rings (SSSR count). The molecule has 0 fully saturated rings. The molecule has 0 unspecified atom stereocenters. The first kappa shape index (κ1) is 14.3. The smallest absolute Gasteiger partial charge is 0.132 e. The first-order valence-corrected chi connectivity index (χ1v) is 7.17. The Morgan fingerprint density at radius 1 is 1.32 bits per heavy atom. The number of hydrogen-bond donors (Lipinski definition) is 1. The highest BCUT2D eigenvalue weighted by molar-refractivity contribution is 9.10. The second-order valence-electron chi connectivity index (χ2n) is 5.59. The quantitative estimate of drug-likeness (QED) is 0.852. The van der Waals surface area contributed by atoms with Gasteiger partial charge in [-0.05, 0) is 46.5 Å². The summed E-state index contributed by atoms with van der Waals surface area (Å²) < 4.78 is 14.8. The number of rotatable bonds is 2.